The number of hydrogen-bond donors (Lipinski definition) is 0. The Morgan fingerprint density at radius 1 is 1.11 bits per heavy atom. The van der Waals surface area contributed by atoms with E-state index in [1.165, 1.54) is 0 Å². The Labute approximate surface area is 187 Å². The Morgan fingerprint density at radius 3 is 2.32 bits per heavy atom. The van der Waals surface area contributed by atoms with Crippen molar-refractivity contribution in [2.45, 2.75) is 77.2 Å². The first-order valence-electron chi connectivity index (χ1n) is 9.85. The lowest BCUT2D eigenvalue weighted by molar-refractivity contribution is 0.0970. The molecular weight excluding hydrogens is 497 g/mol. The lowest BCUT2D eigenvalue weighted by Crippen LogP contribution is -2.48. The highest BCUT2D eigenvalue weighted by Crippen LogP contribution is 2.38. The number of aromatic nitrogens is 3. The van der Waals surface area contributed by atoms with Crippen LogP contribution in [0, 0.1) is 3.57 Å². The van der Waals surface area contributed by atoms with Crippen molar-refractivity contribution in [1.82, 2.24) is 14.5 Å². The molecule has 0 saturated heterocycles. The summed E-state index contributed by atoms with van der Waals surface area (Å²) in [5.41, 5.74) is 0.630. The zero-order valence-corrected chi connectivity index (χ0v) is 23.5. The molecule has 0 aliphatic rings. The van der Waals surface area contributed by atoms with E-state index in [0.29, 0.717) is 13.2 Å². The number of halogens is 1. The molecule has 2 aromatic rings. The maximum absolute atomic E-state index is 6.66. The summed E-state index contributed by atoms with van der Waals surface area (Å²) >= 11 is 2.36. The molecule has 2 heterocycles. The van der Waals surface area contributed by atoms with Crippen LogP contribution in [-0.4, -0.2) is 45.8 Å². The highest BCUT2D eigenvalue weighted by Gasteiger charge is 2.40. The summed E-state index contributed by atoms with van der Waals surface area (Å²) in [6.07, 6.45) is 5.67. The smallest absolute Gasteiger partial charge is 0.192 e. The summed E-state index contributed by atoms with van der Waals surface area (Å²) in [5.74, 6) is 0. The van der Waals surface area contributed by atoms with Gasteiger partial charge in [0.15, 0.2) is 18.1 Å². The highest BCUT2D eigenvalue weighted by molar-refractivity contribution is 14.1. The van der Waals surface area contributed by atoms with Crippen molar-refractivity contribution < 1.29 is 8.85 Å². The second-order valence-corrected chi connectivity index (χ2v) is 19.5. The maximum Gasteiger partial charge on any atom is 0.192 e. The molecule has 1 atom stereocenters. The van der Waals surface area contributed by atoms with Gasteiger partial charge < -0.3 is 13.4 Å². The van der Waals surface area contributed by atoms with Crippen LogP contribution in [0.15, 0.2) is 18.7 Å². The molecule has 0 amide bonds. The zero-order valence-electron chi connectivity index (χ0n) is 18.9. The van der Waals surface area contributed by atoms with E-state index in [4.69, 9.17) is 8.85 Å². The molecule has 0 aromatic carbocycles. The second-order valence-electron chi connectivity index (χ2n) is 10.7. The van der Waals surface area contributed by atoms with E-state index in [2.05, 4.69) is 105 Å². The number of hydrogen-bond acceptors (Lipinski definition) is 4. The van der Waals surface area contributed by atoms with E-state index < -0.39 is 18.1 Å². The van der Waals surface area contributed by atoms with E-state index in [1.54, 1.807) is 6.33 Å². The largest absolute Gasteiger partial charge is 0.421 e. The standard InChI is InChI=1S/C20H36IN3O2Si2/c1-18(2,3)27-25-12-20(7,13-26-28(8,9)19(4,5)6)24-11-16(21)15-10-22-14-23-17(15)24/h10-11,14H,12-13,27H2,1-9H3. The fraction of sp³-hybridized carbons (Fsp3) is 0.700. The first-order chi connectivity index (χ1) is 12.7. The summed E-state index contributed by atoms with van der Waals surface area (Å²) in [4.78, 5) is 8.78. The molecule has 28 heavy (non-hydrogen) atoms. The minimum absolute atomic E-state index is 0.171. The van der Waals surface area contributed by atoms with Crippen LogP contribution in [0.3, 0.4) is 0 Å². The van der Waals surface area contributed by atoms with Gasteiger partial charge in [-0.25, -0.2) is 9.97 Å². The lowest BCUT2D eigenvalue weighted by atomic mass is 10.1. The van der Waals surface area contributed by atoms with Crippen LogP contribution in [0.4, 0.5) is 0 Å². The highest BCUT2D eigenvalue weighted by atomic mass is 127. The first kappa shape index (κ1) is 24.0. The van der Waals surface area contributed by atoms with Crippen LogP contribution in [0.25, 0.3) is 11.0 Å². The Bertz CT molecular complexity index is 812. The molecule has 8 heteroatoms. The average Bonchev–Trinajstić information content (AvgIpc) is 2.89. The Kier molecular flexibility index (Phi) is 7.23. The molecule has 0 bridgehead atoms. The summed E-state index contributed by atoms with van der Waals surface area (Å²) in [6, 6.07) is 0. The molecule has 0 saturated carbocycles. The van der Waals surface area contributed by atoms with Crippen molar-refractivity contribution in [2.24, 2.45) is 0 Å². The van der Waals surface area contributed by atoms with Crippen LogP contribution >= 0.6 is 22.6 Å². The average molecular weight is 534 g/mol. The van der Waals surface area contributed by atoms with Crippen LogP contribution in [-0.2, 0) is 14.4 Å². The third kappa shape index (κ3) is 5.65. The van der Waals surface area contributed by atoms with Crippen LogP contribution in [0.2, 0.25) is 23.2 Å². The van der Waals surface area contributed by atoms with Gasteiger partial charge in [-0.15, -0.1) is 0 Å². The van der Waals surface area contributed by atoms with Crippen molar-refractivity contribution in [3.63, 3.8) is 0 Å². The van der Waals surface area contributed by atoms with Gasteiger partial charge >= 0.3 is 0 Å². The molecule has 158 valence electrons. The second kappa shape index (κ2) is 8.45. The quantitative estimate of drug-likeness (QED) is 0.368. The number of fused-ring (bicyclic) bond motifs is 1. The van der Waals surface area contributed by atoms with Crippen LogP contribution < -0.4 is 0 Å². The summed E-state index contributed by atoms with van der Waals surface area (Å²) < 4.78 is 16.4. The Morgan fingerprint density at radius 2 is 1.75 bits per heavy atom. The topological polar surface area (TPSA) is 49.2 Å². The van der Waals surface area contributed by atoms with Gasteiger partial charge in [-0.2, -0.15) is 0 Å². The molecule has 2 rings (SSSR count). The van der Waals surface area contributed by atoms with Crippen molar-refractivity contribution in [1.29, 1.82) is 0 Å². The predicted octanol–water partition coefficient (Wildman–Crippen LogP) is 5.09. The van der Waals surface area contributed by atoms with Gasteiger partial charge in [0.05, 0.1) is 24.1 Å². The molecule has 0 aliphatic carbocycles. The number of rotatable bonds is 7. The zero-order chi connectivity index (χ0) is 21.4. The van der Waals surface area contributed by atoms with E-state index in [-0.39, 0.29) is 15.6 Å². The monoisotopic (exact) mass is 533 g/mol. The molecule has 5 nitrogen and oxygen atoms in total. The minimum Gasteiger partial charge on any atom is -0.421 e. The lowest BCUT2D eigenvalue weighted by Gasteiger charge is -2.41. The summed E-state index contributed by atoms with van der Waals surface area (Å²) in [5, 5.41) is 1.51. The fourth-order valence-corrected chi connectivity index (χ4v) is 5.57. The molecule has 0 spiro atoms. The third-order valence-corrected chi connectivity index (χ3v) is 12.1. The summed E-state index contributed by atoms with van der Waals surface area (Å²) in [7, 11) is -2.53. The van der Waals surface area contributed by atoms with Gasteiger partial charge in [0.1, 0.15) is 12.0 Å². The molecule has 0 N–H and O–H groups in total. The third-order valence-electron chi connectivity index (χ3n) is 5.50. The van der Waals surface area contributed by atoms with Gasteiger partial charge in [-0.3, -0.25) is 0 Å². The molecule has 2 aromatic heterocycles. The minimum atomic E-state index is -1.88. The van der Waals surface area contributed by atoms with Crippen molar-refractivity contribution in [3.05, 3.63) is 22.3 Å². The van der Waals surface area contributed by atoms with Gasteiger partial charge in [0, 0.05) is 16.0 Å². The SMILES string of the molecule is CC(C)(C)[SiH2]OCC(C)(CO[Si](C)(C)C(C)(C)C)n1cc(I)c2cncnc21. The molecule has 0 radical (unpaired) electrons. The molecule has 0 aliphatic heterocycles. The Balaban J connectivity index is 2.38. The normalized spacial score (nSPS) is 16.2. The van der Waals surface area contributed by atoms with Crippen molar-refractivity contribution in [3.8, 4) is 0 Å². The maximum atomic E-state index is 6.66. The van der Waals surface area contributed by atoms with E-state index in [1.807, 2.05) is 6.20 Å². The number of nitrogens with zero attached hydrogens (tertiary/aromatic N) is 3. The van der Waals surface area contributed by atoms with Crippen molar-refractivity contribution in [2.75, 3.05) is 13.2 Å². The van der Waals surface area contributed by atoms with Crippen LogP contribution in [0.1, 0.15) is 48.5 Å². The van der Waals surface area contributed by atoms with Gasteiger partial charge in [-0.05, 0) is 52.7 Å². The molecular formula is C20H36IN3O2Si2. The first-order valence-corrected chi connectivity index (χ1v) is 15.1. The van der Waals surface area contributed by atoms with E-state index in [9.17, 15) is 0 Å². The van der Waals surface area contributed by atoms with Crippen LogP contribution in [0.5, 0.6) is 0 Å². The van der Waals surface area contributed by atoms with Gasteiger partial charge in [-0.1, -0.05) is 41.5 Å². The van der Waals surface area contributed by atoms with Gasteiger partial charge in [0.2, 0.25) is 0 Å². The Hall–Kier alpha value is -0.296. The van der Waals surface area contributed by atoms with E-state index in [0.717, 1.165) is 14.6 Å². The van der Waals surface area contributed by atoms with Crippen molar-refractivity contribution >= 4 is 51.7 Å². The van der Waals surface area contributed by atoms with E-state index >= 15 is 0 Å². The molecule has 1 unspecified atom stereocenters. The molecule has 0 fully saturated rings. The fourth-order valence-electron chi connectivity index (χ4n) is 2.65. The summed E-state index contributed by atoms with van der Waals surface area (Å²) in [6.45, 7) is 21.7. The predicted molar refractivity (Wildman–Crippen MR) is 131 cm³/mol. The van der Waals surface area contributed by atoms with Gasteiger partial charge in [0.25, 0.3) is 0 Å².